The number of aliphatic hydroxyl groups excluding tert-OH is 1. The molecule has 0 bridgehead atoms. The van der Waals surface area contributed by atoms with Crippen molar-refractivity contribution >= 4 is 10.0 Å². The minimum atomic E-state index is -3.66. The van der Waals surface area contributed by atoms with Gasteiger partial charge in [0.2, 0.25) is 0 Å². The van der Waals surface area contributed by atoms with Crippen LogP contribution in [0.25, 0.3) is 0 Å². The summed E-state index contributed by atoms with van der Waals surface area (Å²) in [5.41, 5.74) is 0.851. The number of aromatic amines is 1. The summed E-state index contributed by atoms with van der Waals surface area (Å²) < 4.78 is 25.1. The summed E-state index contributed by atoms with van der Waals surface area (Å²) in [6.45, 7) is 4.96. The Kier molecular flexibility index (Phi) is 3.84. The molecule has 16 heavy (non-hydrogen) atoms. The Balaban J connectivity index is 3.21. The molecule has 1 rings (SSSR count). The fourth-order valence-electron chi connectivity index (χ4n) is 1.26. The average molecular weight is 245 g/mol. The van der Waals surface area contributed by atoms with E-state index >= 15 is 0 Å². The van der Waals surface area contributed by atoms with Crippen LogP contribution in [0.1, 0.15) is 11.3 Å². The van der Waals surface area contributed by atoms with E-state index in [0.29, 0.717) is 11.3 Å². The molecule has 0 unspecified atom stereocenters. The smallest absolute Gasteiger partial charge is 0.262 e. The van der Waals surface area contributed by atoms with Crippen LogP contribution in [0.2, 0.25) is 0 Å². The number of H-pyrrole nitrogens is 1. The van der Waals surface area contributed by atoms with Gasteiger partial charge < -0.3 is 5.11 Å². The molecule has 0 fully saturated rings. The molecule has 0 spiro atoms. The van der Waals surface area contributed by atoms with Crippen molar-refractivity contribution in [3.8, 4) is 0 Å². The van der Waals surface area contributed by atoms with E-state index in [1.807, 2.05) is 0 Å². The van der Waals surface area contributed by atoms with Gasteiger partial charge in [-0.3, -0.25) is 5.10 Å². The predicted molar refractivity (Wildman–Crippen MR) is 59.3 cm³/mol. The van der Waals surface area contributed by atoms with Gasteiger partial charge in [0.15, 0.2) is 5.03 Å². The highest BCUT2D eigenvalue weighted by Gasteiger charge is 2.26. The molecule has 0 atom stereocenters. The molecule has 0 aliphatic heterocycles. The molecule has 0 radical (unpaired) electrons. The van der Waals surface area contributed by atoms with Crippen molar-refractivity contribution in [3.05, 3.63) is 23.9 Å². The Morgan fingerprint density at radius 2 is 2.25 bits per heavy atom. The SMILES string of the molecule is C=CCN(C)S(=O)(=O)c1n[nH]c(C)c1CO. The first kappa shape index (κ1) is 12.9. The Bertz CT molecular complexity index is 478. The van der Waals surface area contributed by atoms with Crippen LogP contribution in [0, 0.1) is 6.92 Å². The first-order valence-corrected chi connectivity index (χ1v) is 6.11. The molecule has 0 aliphatic rings. The number of nitrogens with zero attached hydrogens (tertiary/aromatic N) is 2. The number of rotatable bonds is 5. The quantitative estimate of drug-likeness (QED) is 0.716. The van der Waals surface area contributed by atoms with Crippen molar-refractivity contribution < 1.29 is 13.5 Å². The third-order valence-corrected chi connectivity index (χ3v) is 4.03. The molecule has 0 aromatic carbocycles. The monoisotopic (exact) mass is 245 g/mol. The molecular weight excluding hydrogens is 230 g/mol. The zero-order valence-electron chi connectivity index (χ0n) is 9.27. The number of likely N-dealkylation sites (N-methyl/N-ethyl adjacent to an activating group) is 1. The Morgan fingerprint density at radius 1 is 1.62 bits per heavy atom. The van der Waals surface area contributed by atoms with Gasteiger partial charge in [0.05, 0.1) is 6.61 Å². The molecule has 1 heterocycles. The maximum Gasteiger partial charge on any atom is 0.262 e. The number of nitrogens with one attached hydrogen (secondary N) is 1. The van der Waals surface area contributed by atoms with Crippen molar-refractivity contribution in [2.75, 3.05) is 13.6 Å². The minimum Gasteiger partial charge on any atom is -0.392 e. The third kappa shape index (κ3) is 2.16. The van der Waals surface area contributed by atoms with E-state index in [0.717, 1.165) is 4.31 Å². The first-order valence-electron chi connectivity index (χ1n) is 4.67. The fraction of sp³-hybridized carbons (Fsp3) is 0.444. The van der Waals surface area contributed by atoms with Crippen LogP contribution in [0.5, 0.6) is 0 Å². The van der Waals surface area contributed by atoms with Crippen LogP contribution >= 0.6 is 0 Å². The Morgan fingerprint density at radius 3 is 2.75 bits per heavy atom. The second kappa shape index (κ2) is 4.77. The molecule has 6 nitrogen and oxygen atoms in total. The van der Waals surface area contributed by atoms with Gasteiger partial charge in [-0.25, -0.2) is 8.42 Å². The maximum absolute atomic E-state index is 12.0. The van der Waals surface area contributed by atoms with Gasteiger partial charge in [-0.2, -0.15) is 9.40 Å². The molecule has 0 saturated heterocycles. The molecule has 1 aromatic heterocycles. The van der Waals surface area contributed by atoms with Crippen LogP contribution in [0.3, 0.4) is 0 Å². The van der Waals surface area contributed by atoms with Gasteiger partial charge in [0.1, 0.15) is 0 Å². The highest BCUT2D eigenvalue weighted by atomic mass is 32.2. The van der Waals surface area contributed by atoms with E-state index in [1.165, 1.54) is 13.1 Å². The van der Waals surface area contributed by atoms with Crippen molar-refractivity contribution in [3.63, 3.8) is 0 Å². The summed E-state index contributed by atoms with van der Waals surface area (Å²) in [7, 11) is -2.23. The lowest BCUT2D eigenvalue weighted by Crippen LogP contribution is -2.28. The van der Waals surface area contributed by atoms with Crippen LogP contribution in [0.15, 0.2) is 17.7 Å². The van der Waals surface area contributed by atoms with Gasteiger partial charge in [-0.15, -0.1) is 6.58 Å². The molecule has 0 saturated carbocycles. The highest BCUT2D eigenvalue weighted by molar-refractivity contribution is 7.89. The van der Waals surface area contributed by atoms with Crippen LogP contribution in [-0.4, -0.2) is 41.6 Å². The number of aromatic nitrogens is 2. The summed E-state index contributed by atoms with van der Waals surface area (Å²) >= 11 is 0. The van der Waals surface area contributed by atoms with Gasteiger partial charge in [-0.1, -0.05) is 6.08 Å². The van der Waals surface area contributed by atoms with Crippen LogP contribution in [-0.2, 0) is 16.6 Å². The first-order chi connectivity index (χ1) is 7.45. The summed E-state index contributed by atoms with van der Waals surface area (Å²) in [6.07, 6.45) is 1.48. The average Bonchev–Trinajstić information content (AvgIpc) is 2.60. The number of hydrogen-bond donors (Lipinski definition) is 2. The summed E-state index contributed by atoms with van der Waals surface area (Å²) in [4.78, 5) is 0. The number of hydrogen-bond acceptors (Lipinski definition) is 4. The Hall–Kier alpha value is -1.18. The second-order valence-electron chi connectivity index (χ2n) is 3.36. The molecule has 0 amide bonds. The van der Waals surface area contributed by atoms with E-state index in [9.17, 15) is 8.42 Å². The van der Waals surface area contributed by atoms with E-state index in [4.69, 9.17) is 5.11 Å². The molecule has 7 heteroatoms. The van der Waals surface area contributed by atoms with Gasteiger partial charge in [0, 0.05) is 24.8 Å². The zero-order valence-corrected chi connectivity index (χ0v) is 10.1. The van der Waals surface area contributed by atoms with Crippen molar-refractivity contribution in [2.24, 2.45) is 0 Å². The van der Waals surface area contributed by atoms with Crippen molar-refractivity contribution in [2.45, 2.75) is 18.6 Å². The lowest BCUT2D eigenvalue weighted by Gasteiger charge is -2.13. The van der Waals surface area contributed by atoms with Crippen molar-refractivity contribution in [1.29, 1.82) is 0 Å². The van der Waals surface area contributed by atoms with E-state index in [1.54, 1.807) is 6.92 Å². The van der Waals surface area contributed by atoms with Gasteiger partial charge in [-0.05, 0) is 6.92 Å². The van der Waals surface area contributed by atoms with E-state index in [2.05, 4.69) is 16.8 Å². The van der Waals surface area contributed by atoms with E-state index < -0.39 is 10.0 Å². The standard InChI is InChI=1S/C9H15N3O3S/c1-4-5-12(3)16(14,15)9-8(6-13)7(2)10-11-9/h4,13H,1,5-6H2,2-3H3,(H,10,11). The predicted octanol–water partition coefficient (Wildman–Crippen LogP) is 0.0169. The topological polar surface area (TPSA) is 86.3 Å². The Labute approximate surface area is 94.6 Å². The summed E-state index contributed by atoms with van der Waals surface area (Å²) in [5.74, 6) is 0. The molecule has 90 valence electrons. The number of sulfonamides is 1. The van der Waals surface area contributed by atoms with Gasteiger partial charge >= 0.3 is 0 Å². The zero-order chi connectivity index (χ0) is 12.3. The highest BCUT2D eigenvalue weighted by Crippen LogP contribution is 2.19. The minimum absolute atomic E-state index is 0.128. The lowest BCUT2D eigenvalue weighted by atomic mass is 10.3. The van der Waals surface area contributed by atoms with Gasteiger partial charge in [0.25, 0.3) is 10.0 Å². The molecule has 0 aliphatic carbocycles. The number of aryl methyl sites for hydroxylation is 1. The summed E-state index contributed by atoms with van der Waals surface area (Å²) in [6, 6.07) is 0. The fourth-order valence-corrected chi connectivity index (χ4v) is 2.54. The summed E-state index contributed by atoms with van der Waals surface area (Å²) in [5, 5.41) is 15.2. The van der Waals surface area contributed by atoms with Crippen LogP contribution < -0.4 is 0 Å². The molecule has 2 N–H and O–H groups in total. The number of aliphatic hydroxyl groups is 1. The van der Waals surface area contributed by atoms with Crippen LogP contribution in [0.4, 0.5) is 0 Å². The van der Waals surface area contributed by atoms with Crippen molar-refractivity contribution in [1.82, 2.24) is 14.5 Å². The molecular formula is C9H15N3O3S. The lowest BCUT2D eigenvalue weighted by molar-refractivity contribution is 0.277. The maximum atomic E-state index is 12.0. The molecule has 1 aromatic rings. The third-order valence-electron chi connectivity index (χ3n) is 2.23. The second-order valence-corrected chi connectivity index (χ2v) is 5.32. The van der Waals surface area contributed by atoms with E-state index in [-0.39, 0.29) is 18.2 Å². The largest absolute Gasteiger partial charge is 0.392 e. The normalized spacial score (nSPS) is 12.0.